The number of rotatable bonds is 41. The molecule has 10 rings (SSSR count). The highest BCUT2D eigenvalue weighted by Crippen LogP contribution is 2.30. The lowest BCUT2D eigenvalue weighted by Gasteiger charge is -2.13. The van der Waals surface area contributed by atoms with Gasteiger partial charge < -0.3 is 0 Å². The van der Waals surface area contributed by atoms with E-state index in [1.165, 1.54) is 262 Å². The summed E-state index contributed by atoms with van der Waals surface area (Å²) in [6, 6.07) is 76.5. The standard InChI is InChI=1S/C27H40OS2.C21H28OS2.C20H26OS2.2C16H18OS2/c1-3-4-5-6-7-8-9-10-11-12-13-25-18-20-27(21-19-25)23-30(28)29-22-26-16-14-24(2)15-17-26;1-3-4-5-6-7-19-12-14-21(15-13-19)17-24(22)23-16-20-10-8-18(2)9-11-20;1-13-7-15(3)19(16(4)8-13)11-22-23(21)12-20-17(5)9-14(2)10-18(20)6;2*1-13-3-7-15(8-4-13)11-18-19(17)12-16-9-5-14(2)6-10-16/h14-21H,3-13,22-23H2,1-2H3;8-15H,3-7,16-17H2,1-2H3;7-10H,11-12H2,1-6H3;2*3-10H,11-12H2,1-2H3. The average molecular weight is 1730 g/mol. The lowest BCUT2D eigenvalue weighted by Crippen LogP contribution is -2.00. The van der Waals surface area contributed by atoms with Gasteiger partial charge in [0.1, 0.15) is 0 Å². The molecule has 5 atom stereocenters. The normalized spacial score (nSPS) is 12.3. The molecular formula is C100H130O5S10. The van der Waals surface area contributed by atoms with E-state index in [0.29, 0.717) is 28.8 Å². The predicted molar refractivity (Wildman–Crippen MR) is 520 cm³/mol. The molecule has 0 heterocycles. The number of unbranched alkanes of at least 4 members (excludes halogenated alkanes) is 12. The van der Waals surface area contributed by atoms with Gasteiger partial charge in [-0.1, -0.05) is 408 Å². The molecule has 0 saturated carbocycles. The van der Waals surface area contributed by atoms with Crippen molar-refractivity contribution in [2.75, 3.05) is 0 Å². The average Bonchev–Trinajstić information content (AvgIpc) is 0.840. The minimum atomic E-state index is -0.904. The molecule has 0 fully saturated rings. The van der Waals surface area contributed by atoms with Gasteiger partial charge in [-0.15, -0.1) is 0 Å². The van der Waals surface area contributed by atoms with Crippen LogP contribution in [0.25, 0.3) is 0 Å². The molecule has 10 aromatic rings. The van der Waals surface area contributed by atoms with Crippen molar-refractivity contribution in [3.63, 3.8) is 0 Å². The maximum Gasteiger partial charge on any atom is 0.0852 e. The van der Waals surface area contributed by atoms with Crippen molar-refractivity contribution in [1.82, 2.24) is 0 Å². The summed E-state index contributed by atoms with van der Waals surface area (Å²) in [4.78, 5) is 0. The van der Waals surface area contributed by atoms with Crippen LogP contribution < -0.4 is 0 Å². The fraction of sp³-hybridized carbons (Fsp3) is 0.400. The van der Waals surface area contributed by atoms with E-state index < -0.39 is 49.2 Å². The van der Waals surface area contributed by atoms with Crippen molar-refractivity contribution in [3.8, 4) is 0 Å². The molecule has 10 aromatic carbocycles. The molecule has 0 spiro atoms. The zero-order chi connectivity index (χ0) is 83.1. The number of hydrogen-bond acceptors (Lipinski definition) is 10. The molecule has 15 heteroatoms. The molecule has 0 N–H and O–H groups in total. The van der Waals surface area contributed by atoms with Gasteiger partial charge in [-0.2, -0.15) is 0 Å². The minimum Gasteiger partial charge on any atom is -0.248 e. The lowest BCUT2D eigenvalue weighted by molar-refractivity contribution is 0.556. The van der Waals surface area contributed by atoms with Crippen LogP contribution in [0.4, 0.5) is 0 Å². The SMILES string of the molecule is CCCCCCCCCCCCc1ccc(CS(=O)SCc2ccc(C)cc2)cc1.CCCCCCc1ccc(CS(=O)SCc2ccc(C)cc2)cc1.Cc1cc(C)c(CSS(=O)Cc2c(C)cc(C)cc2C)c(C)c1.Cc1ccc(CSS(=O)Cc2ccc(C)cc2)cc1.Cc1ccc(CSS(=O)Cc2ccc(C)cc2)cc1. The molecule has 5 unspecified atom stereocenters. The van der Waals surface area contributed by atoms with Crippen molar-refractivity contribution >= 4 is 103 Å². The van der Waals surface area contributed by atoms with Gasteiger partial charge in [-0.3, -0.25) is 0 Å². The molecule has 0 radical (unpaired) electrons. The van der Waals surface area contributed by atoms with Crippen LogP contribution in [0.2, 0.25) is 0 Å². The van der Waals surface area contributed by atoms with Crippen molar-refractivity contribution in [3.05, 3.63) is 352 Å². The van der Waals surface area contributed by atoms with E-state index in [9.17, 15) is 21.0 Å². The molecule has 0 aromatic heterocycles. The second kappa shape index (κ2) is 57.0. The largest absolute Gasteiger partial charge is 0.248 e. The Morgan fingerprint density at radius 3 is 0.652 bits per heavy atom. The third-order valence-electron chi connectivity index (χ3n) is 19.8. The van der Waals surface area contributed by atoms with Crippen LogP contribution in [0.1, 0.15) is 237 Å². The van der Waals surface area contributed by atoms with E-state index in [1.54, 1.807) is 10.8 Å². The summed E-state index contributed by atoms with van der Waals surface area (Å²) in [5, 5.41) is 0. The van der Waals surface area contributed by atoms with Gasteiger partial charge >= 0.3 is 0 Å². The Balaban J connectivity index is 0.000000226. The first-order valence-electron chi connectivity index (χ1n) is 41.1. The highest BCUT2D eigenvalue weighted by Gasteiger charge is 2.14. The van der Waals surface area contributed by atoms with Crippen LogP contribution in [0, 0.1) is 83.1 Å². The summed E-state index contributed by atoms with van der Waals surface area (Å²) < 4.78 is 61.2. The molecule has 0 aliphatic carbocycles. The van der Waals surface area contributed by atoms with E-state index in [2.05, 4.69) is 315 Å². The highest BCUT2D eigenvalue weighted by molar-refractivity contribution is 8.69. The maximum absolute atomic E-state index is 12.5. The quantitative estimate of drug-likeness (QED) is 0.0273. The number of aryl methyl sites for hydroxylation is 14. The van der Waals surface area contributed by atoms with Crippen LogP contribution in [0.5, 0.6) is 0 Å². The van der Waals surface area contributed by atoms with Gasteiger partial charge in [0.05, 0.1) is 77.9 Å². The van der Waals surface area contributed by atoms with Gasteiger partial charge in [-0.05, 0) is 198 Å². The Kier molecular flexibility index (Phi) is 48.9. The zero-order valence-electron chi connectivity index (χ0n) is 71.3. The minimum absolute atomic E-state index is 0.622. The van der Waals surface area contributed by atoms with Gasteiger partial charge in [0.15, 0.2) is 0 Å². The second-order valence-electron chi connectivity index (χ2n) is 30.6. The van der Waals surface area contributed by atoms with Gasteiger partial charge in [-0.25, -0.2) is 21.0 Å². The second-order valence-corrected chi connectivity index (χ2v) is 46.8. The lowest BCUT2D eigenvalue weighted by atomic mass is 10.0. The Morgan fingerprint density at radius 1 is 0.200 bits per heavy atom. The number of benzene rings is 10. The van der Waals surface area contributed by atoms with Gasteiger partial charge in [0.25, 0.3) is 0 Å². The predicted octanol–water partition coefficient (Wildman–Crippen LogP) is 29.2. The van der Waals surface area contributed by atoms with Crippen LogP contribution in [0.3, 0.4) is 0 Å². The molecule has 620 valence electrons. The molecule has 0 aliphatic heterocycles. The molecular weight excluding hydrogens is 1600 g/mol. The smallest absolute Gasteiger partial charge is 0.0852 e. The van der Waals surface area contributed by atoms with E-state index >= 15 is 0 Å². The molecule has 0 saturated heterocycles. The first-order valence-corrected chi connectivity index (χ1v) is 55.2. The first kappa shape index (κ1) is 98.5. The number of hydrogen-bond donors (Lipinski definition) is 0. The summed E-state index contributed by atoms with van der Waals surface area (Å²) >= 11 is 0. The Labute approximate surface area is 726 Å². The van der Waals surface area contributed by atoms with E-state index in [0.717, 1.165) is 46.3 Å². The van der Waals surface area contributed by atoms with E-state index in [1.807, 2.05) is 0 Å². The van der Waals surface area contributed by atoms with Crippen LogP contribution in [-0.4, -0.2) is 21.0 Å². The molecule has 0 amide bonds. The summed E-state index contributed by atoms with van der Waals surface area (Å²) in [5.74, 6) is 7.18. The van der Waals surface area contributed by atoms with Crippen molar-refractivity contribution in [2.45, 2.75) is 257 Å². The fourth-order valence-electron chi connectivity index (χ4n) is 12.7. The first-order chi connectivity index (χ1) is 55.4. The fourth-order valence-corrected chi connectivity index (χ4v) is 25.4. The molecule has 5 nitrogen and oxygen atoms in total. The Morgan fingerprint density at radius 2 is 0.391 bits per heavy atom. The third-order valence-corrected chi connectivity index (χ3v) is 33.6. The van der Waals surface area contributed by atoms with E-state index in [-0.39, 0.29) is 0 Å². The molecule has 115 heavy (non-hydrogen) atoms. The van der Waals surface area contributed by atoms with Crippen molar-refractivity contribution in [1.29, 1.82) is 0 Å². The van der Waals surface area contributed by atoms with Crippen molar-refractivity contribution < 1.29 is 21.0 Å². The molecule has 0 bridgehead atoms. The summed E-state index contributed by atoms with van der Waals surface area (Å²) in [6.07, 6.45) is 21.4. The Bertz CT molecular complexity index is 4350. The molecule has 0 aliphatic rings. The topological polar surface area (TPSA) is 85.3 Å². The monoisotopic (exact) mass is 1730 g/mol. The van der Waals surface area contributed by atoms with Crippen LogP contribution >= 0.6 is 54.0 Å². The van der Waals surface area contributed by atoms with Crippen LogP contribution in [0.15, 0.2) is 218 Å². The van der Waals surface area contributed by atoms with Crippen molar-refractivity contribution in [2.24, 2.45) is 0 Å². The maximum atomic E-state index is 12.5. The zero-order valence-corrected chi connectivity index (χ0v) is 79.5. The van der Waals surface area contributed by atoms with Gasteiger partial charge in [0.2, 0.25) is 0 Å². The van der Waals surface area contributed by atoms with Crippen LogP contribution in [-0.2, 0) is 120 Å². The summed E-state index contributed by atoms with van der Waals surface area (Å²) in [7, 11) is 3.23. The van der Waals surface area contributed by atoms with Gasteiger partial charge in [0, 0.05) is 28.8 Å². The third kappa shape index (κ3) is 43.0. The van der Waals surface area contributed by atoms with E-state index in [4.69, 9.17) is 0 Å². The Hall–Kier alpha value is -5.30. The summed E-state index contributed by atoms with van der Waals surface area (Å²) in [6.45, 7) is 29.7. The highest BCUT2D eigenvalue weighted by atomic mass is 33.1. The summed E-state index contributed by atoms with van der Waals surface area (Å²) in [5.41, 5.74) is 30.1.